The summed E-state index contributed by atoms with van der Waals surface area (Å²) in [6.07, 6.45) is 73.2. The molecule has 0 amide bonds. The summed E-state index contributed by atoms with van der Waals surface area (Å²) < 4.78 is 16.8. The lowest BCUT2D eigenvalue weighted by atomic mass is 10.1. The maximum absolute atomic E-state index is 12.8. The molecule has 0 saturated carbocycles. The lowest BCUT2D eigenvalue weighted by Crippen LogP contribution is -2.30. The largest absolute Gasteiger partial charge is 0.462 e. The standard InChI is InChI=1S/C63H110O6/c1-4-7-10-13-16-19-22-25-28-30-31-33-35-38-41-44-47-50-53-56-62(65)68-59-60(58-67-61(64)55-52-49-46-43-40-37-34-27-24-21-18-15-12-9-6-3)69-63(66)57-54-51-48-45-42-39-36-32-29-26-23-20-17-14-11-8-5-2/h17,20-21,24,26,29-31,36,39,45,48,60H,4-16,18-19,22-23,25,27-28,32-35,37-38,40-44,46-47,49-59H2,1-3H3/b20-17-,24-21-,29-26-,31-30-,39-36-,48-45-. The van der Waals surface area contributed by atoms with Crippen LogP contribution in [-0.4, -0.2) is 37.2 Å². The van der Waals surface area contributed by atoms with Gasteiger partial charge in [0.1, 0.15) is 13.2 Å². The van der Waals surface area contributed by atoms with Gasteiger partial charge >= 0.3 is 17.9 Å². The Kier molecular flexibility index (Phi) is 54.8. The summed E-state index contributed by atoms with van der Waals surface area (Å²) in [5.74, 6) is -0.956. The third-order valence-corrected chi connectivity index (χ3v) is 12.7. The van der Waals surface area contributed by atoms with Crippen molar-refractivity contribution in [2.24, 2.45) is 0 Å². The average molecular weight is 964 g/mol. The molecule has 69 heavy (non-hydrogen) atoms. The van der Waals surface area contributed by atoms with Crippen LogP contribution in [0.2, 0.25) is 0 Å². The van der Waals surface area contributed by atoms with Crippen LogP contribution in [0.1, 0.15) is 290 Å². The third kappa shape index (κ3) is 55.6. The summed E-state index contributed by atoms with van der Waals surface area (Å²) in [5.41, 5.74) is 0. The summed E-state index contributed by atoms with van der Waals surface area (Å²) >= 11 is 0. The van der Waals surface area contributed by atoms with E-state index >= 15 is 0 Å². The molecule has 0 aliphatic rings. The first-order valence-electron chi connectivity index (χ1n) is 29.4. The third-order valence-electron chi connectivity index (χ3n) is 12.7. The van der Waals surface area contributed by atoms with E-state index in [1.165, 1.54) is 180 Å². The molecule has 0 aromatic heterocycles. The highest BCUT2D eigenvalue weighted by Crippen LogP contribution is 2.15. The van der Waals surface area contributed by atoms with Crippen molar-refractivity contribution < 1.29 is 28.6 Å². The van der Waals surface area contributed by atoms with E-state index in [0.717, 1.165) is 64.2 Å². The van der Waals surface area contributed by atoms with Gasteiger partial charge in [0, 0.05) is 19.3 Å². The first kappa shape index (κ1) is 65.8. The highest BCUT2D eigenvalue weighted by atomic mass is 16.6. The average Bonchev–Trinajstić information content (AvgIpc) is 3.35. The fourth-order valence-corrected chi connectivity index (χ4v) is 8.19. The SMILES string of the molecule is CCCCC/C=C\C/C=C\C/C=C\C/C=C\CCCC(=O)OC(COC(=O)CCCCCCCCC/C=C\CCCCCC)COC(=O)CCCCCCCCC/C=C\CCCCCCCCCC. The highest BCUT2D eigenvalue weighted by Gasteiger charge is 2.19. The summed E-state index contributed by atoms with van der Waals surface area (Å²) in [5, 5.41) is 0. The fraction of sp³-hybridized carbons (Fsp3) is 0.762. The molecule has 1 atom stereocenters. The number of carbonyl (C=O) groups excluding carboxylic acids is 3. The summed E-state index contributed by atoms with van der Waals surface area (Å²) in [6, 6.07) is 0. The quantitative estimate of drug-likeness (QED) is 0.0262. The van der Waals surface area contributed by atoms with E-state index in [4.69, 9.17) is 14.2 Å². The van der Waals surface area contributed by atoms with Gasteiger partial charge in [-0.05, 0) is 109 Å². The van der Waals surface area contributed by atoms with Gasteiger partial charge in [-0.1, -0.05) is 235 Å². The molecule has 1 unspecified atom stereocenters. The molecule has 6 nitrogen and oxygen atoms in total. The zero-order chi connectivity index (χ0) is 50.0. The molecule has 0 N–H and O–H groups in total. The Labute approximate surface area is 427 Å². The number of rotatable bonds is 53. The number of hydrogen-bond donors (Lipinski definition) is 0. The second-order valence-corrected chi connectivity index (χ2v) is 19.5. The van der Waals surface area contributed by atoms with Crippen LogP contribution in [0.4, 0.5) is 0 Å². The van der Waals surface area contributed by atoms with Crippen molar-refractivity contribution in [2.45, 2.75) is 297 Å². The zero-order valence-electron chi connectivity index (χ0n) is 45.6. The van der Waals surface area contributed by atoms with Crippen molar-refractivity contribution >= 4 is 17.9 Å². The van der Waals surface area contributed by atoms with Gasteiger partial charge in [-0.15, -0.1) is 0 Å². The highest BCUT2D eigenvalue weighted by molar-refractivity contribution is 5.71. The molecule has 0 aliphatic heterocycles. The van der Waals surface area contributed by atoms with Crippen molar-refractivity contribution in [1.82, 2.24) is 0 Å². The molecule has 0 saturated heterocycles. The van der Waals surface area contributed by atoms with Crippen LogP contribution < -0.4 is 0 Å². The lowest BCUT2D eigenvalue weighted by Gasteiger charge is -2.18. The molecule has 6 heteroatoms. The molecule has 0 bridgehead atoms. The maximum atomic E-state index is 12.8. The fourth-order valence-electron chi connectivity index (χ4n) is 8.19. The second-order valence-electron chi connectivity index (χ2n) is 19.5. The molecular weight excluding hydrogens is 853 g/mol. The molecule has 0 rings (SSSR count). The van der Waals surface area contributed by atoms with E-state index in [9.17, 15) is 14.4 Å². The van der Waals surface area contributed by atoms with Crippen LogP contribution in [0.3, 0.4) is 0 Å². The normalized spacial score (nSPS) is 12.6. The molecular formula is C63H110O6. The Morgan fingerprint density at radius 1 is 0.290 bits per heavy atom. The first-order valence-corrected chi connectivity index (χ1v) is 29.4. The number of esters is 3. The molecule has 0 aromatic carbocycles. The predicted octanol–water partition coefficient (Wildman–Crippen LogP) is 19.8. The van der Waals surface area contributed by atoms with Crippen LogP contribution in [-0.2, 0) is 28.6 Å². The van der Waals surface area contributed by atoms with Gasteiger partial charge in [-0.25, -0.2) is 0 Å². The predicted molar refractivity (Wildman–Crippen MR) is 298 cm³/mol. The van der Waals surface area contributed by atoms with Gasteiger partial charge in [0.15, 0.2) is 6.10 Å². The van der Waals surface area contributed by atoms with Crippen LogP contribution in [0.5, 0.6) is 0 Å². The van der Waals surface area contributed by atoms with Crippen LogP contribution in [0, 0.1) is 0 Å². The summed E-state index contributed by atoms with van der Waals surface area (Å²) in [7, 11) is 0. The van der Waals surface area contributed by atoms with Crippen molar-refractivity contribution in [3.8, 4) is 0 Å². The van der Waals surface area contributed by atoms with Gasteiger partial charge in [0.05, 0.1) is 0 Å². The van der Waals surface area contributed by atoms with Gasteiger partial charge < -0.3 is 14.2 Å². The van der Waals surface area contributed by atoms with Crippen molar-refractivity contribution in [3.05, 3.63) is 72.9 Å². The molecule has 0 aromatic rings. The second kappa shape index (κ2) is 57.4. The first-order chi connectivity index (χ1) is 34.0. The van der Waals surface area contributed by atoms with Crippen LogP contribution >= 0.6 is 0 Å². The summed E-state index contributed by atoms with van der Waals surface area (Å²) in [4.78, 5) is 38.2. The van der Waals surface area contributed by atoms with E-state index in [0.29, 0.717) is 19.3 Å². The number of allylic oxidation sites excluding steroid dienone is 12. The lowest BCUT2D eigenvalue weighted by molar-refractivity contribution is -0.167. The Balaban J connectivity index is 4.45. The smallest absolute Gasteiger partial charge is 0.306 e. The number of ether oxygens (including phenoxy) is 3. The minimum Gasteiger partial charge on any atom is -0.462 e. The molecule has 0 fully saturated rings. The Bertz CT molecular complexity index is 1290. The number of carbonyl (C=O) groups is 3. The van der Waals surface area contributed by atoms with E-state index in [1.54, 1.807) is 0 Å². The minimum atomic E-state index is -0.808. The topological polar surface area (TPSA) is 78.9 Å². The summed E-state index contributed by atoms with van der Waals surface area (Å²) in [6.45, 7) is 6.57. The van der Waals surface area contributed by atoms with Crippen LogP contribution in [0.15, 0.2) is 72.9 Å². The van der Waals surface area contributed by atoms with Crippen LogP contribution in [0.25, 0.3) is 0 Å². The Morgan fingerprint density at radius 3 is 0.913 bits per heavy atom. The Hall–Kier alpha value is -3.15. The van der Waals surface area contributed by atoms with Crippen molar-refractivity contribution in [1.29, 1.82) is 0 Å². The molecule has 0 spiro atoms. The Morgan fingerprint density at radius 2 is 0.536 bits per heavy atom. The number of hydrogen-bond acceptors (Lipinski definition) is 6. The van der Waals surface area contributed by atoms with E-state index < -0.39 is 6.10 Å². The van der Waals surface area contributed by atoms with E-state index in [1.807, 2.05) is 0 Å². The van der Waals surface area contributed by atoms with Gasteiger partial charge in [0.2, 0.25) is 0 Å². The monoisotopic (exact) mass is 963 g/mol. The van der Waals surface area contributed by atoms with E-state index in [-0.39, 0.29) is 37.5 Å². The van der Waals surface area contributed by atoms with Gasteiger partial charge in [-0.3, -0.25) is 14.4 Å². The van der Waals surface area contributed by atoms with Gasteiger partial charge in [-0.2, -0.15) is 0 Å². The van der Waals surface area contributed by atoms with Crippen molar-refractivity contribution in [2.75, 3.05) is 13.2 Å². The molecule has 0 aliphatic carbocycles. The molecule has 0 radical (unpaired) electrons. The van der Waals surface area contributed by atoms with Crippen molar-refractivity contribution in [3.63, 3.8) is 0 Å². The van der Waals surface area contributed by atoms with E-state index in [2.05, 4.69) is 93.7 Å². The molecule has 398 valence electrons. The minimum absolute atomic E-state index is 0.0999. The van der Waals surface area contributed by atoms with Gasteiger partial charge in [0.25, 0.3) is 0 Å². The molecule has 0 heterocycles. The number of unbranched alkanes of at least 4 members (excludes halogenated alkanes) is 30. The maximum Gasteiger partial charge on any atom is 0.306 e. The zero-order valence-corrected chi connectivity index (χ0v) is 45.6.